The number of anilines is 1. The van der Waals surface area contributed by atoms with E-state index in [1.165, 1.54) is 0 Å². The van der Waals surface area contributed by atoms with E-state index in [0.29, 0.717) is 30.2 Å². The Morgan fingerprint density at radius 2 is 2.24 bits per heavy atom. The molecule has 0 bridgehead atoms. The van der Waals surface area contributed by atoms with Crippen molar-refractivity contribution in [1.29, 1.82) is 5.26 Å². The Morgan fingerprint density at radius 3 is 2.95 bits per heavy atom. The SMILES string of the molecule is Cc1ccc(-c2c(C#N)c(N)nc3c2COCC3)cc1Cl. The summed E-state index contributed by atoms with van der Waals surface area (Å²) in [6.07, 6.45) is 0.706. The molecule has 0 spiro atoms. The van der Waals surface area contributed by atoms with Gasteiger partial charge >= 0.3 is 0 Å². The molecule has 1 aliphatic rings. The molecule has 0 saturated carbocycles. The Kier molecular flexibility index (Phi) is 3.54. The van der Waals surface area contributed by atoms with Crippen molar-refractivity contribution in [1.82, 2.24) is 4.98 Å². The molecule has 2 N–H and O–H groups in total. The summed E-state index contributed by atoms with van der Waals surface area (Å²) in [5.74, 6) is 0.268. The van der Waals surface area contributed by atoms with Gasteiger partial charge in [0.25, 0.3) is 0 Å². The molecule has 0 amide bonds. The quantitative estimate of drug-likeness (QED) is 0.877. The van der Waals surface area contributed by atoms with E-state index in [2.05, 4.69) is 11.1 Å². The zero-order valence-electron chi connectivity index (χ0n) is 11.6. The number of rotatable bonds is 1. The summed E-state index contributed by atoms with van der Waals surface area (Å²) in [6, 6.07) is 7.91. The van der Waals surface area contributed by atoms with Crippen LogP contribution in [0.1, 0.15) is 22.4 Å². The minimum atomic E-state index is 0.268. The van der Waals surface area contributed by atoms with E-state index < -0.39 is 0 Å². The fourth-order valence-corrected chi connectivity index (χ4v) is 2.76. The highest BCUT2D eigenvalue weighted by molar-refractivity contribution is 6.31. The fourth-order valence-electron chi connectivity index (χ4n) is 2.58. The normalized spacial score (nSPS) is 13.6. The smallest absolute Gasteiger partial charge is 0.142 e. The van der Waals surface area contributed by atoms with Crippen molar-refractivity contribution in [2.45, 2.75) is 20.0 Å². The number of benzene rings is 1. The third-order valence-corrected chi connectivity index (χ3v) is 4.12. The Morgan fingerprint density at radius 1 is 1.43 bits per heavy atom. The standard InChI is InChI=1S/C16H14ClN3O/c1-9-2-3-10(6-13(9)17)15-11(7-18)16(19)20-14-4-5-21-8-12(14)15/h2-3,6H,4-5,8H2,1H3,(H2,19,20). The van der Waals surface area contributed by atoms with Crippen LogP contribution >= 0.6 is 11.6 Å². The molecule has 2 heterocycles. The van der Waals surface area contributed by atoms with Crippen molar-refractivity contribution in [3.05, 3.63) is 45.6 Å². The number of pyridine rings is 1. The van der Waals surface area contributed by atoms with E-state index in [4.69, 9.17) is 22.1 Å². The number of nitriles is 1. The van der Waals surface area contributed by atoms with Gasteiger partial charge in [-0.2, -0.15) is 5.26 Å². The van der Waals surface area contributed by atoms with Gasteiger partial charge in [-0.3, -0.25) is 0 Å². The van der Waals surface area contributed by atoms with Crippen LogP contribution in [0.2, 0.25) is 5.02 Å². The van der Waals surface area contributed by atoms with Crippen LogP contribution in [-0.2, 0) is 17.8 Å². The lowest BCUT2D eigenvalue weighted by molar-refractivity contribution is 0.109. The van der Waals surface area contributed by atoms with Gasteiger partial charge in [0.05, 0.1) is 18.9 Å². The second-order valence-corrected chi connectivity index (χ2v) is 5.46. The maximum atomic E-state index is 9.44. The van der Waals surface area contributed by atoms with Gasteiger partial charge in [0, 0.05) is 22.6 Å². The fraction of sp³-hybridized carbons (Fsp3) is 0.250. The number of nitrogen functional groups attached to an aromatic ring is 1. The largest absolute Gasteiger partial charge is 0.383 e. The average molecular weight is 300 g/mol. The summed E-state index contributed by atoms with van der Waals surface area (Å²) in [4.78, 5) is 4.35. The molecule has 2 aromatic rings. The third kappa shape index (κ3) is 2.35. The van der Waals surface area contributed by atoms with E-state index in [1.54, 1.807) is 0 Å². The van der Waals surface area contributed by atoms with Gasteiger partial charge in [0.2, 0.25) is 0 Å². The Hall–Kier alpha value is -2.09. The number of nitrogens with two attached hydrogens (primary N) is 1. The topological polar surface area (TPSA) is 71.9 Å². The molecule has 106 valence electrons. The van der Waals surface area contributed by atoms with Crippen molar-refractivity contribution in [3.8, 4) is 17.2 Å². The molecule has 0 aliphatic carbocycles. The van der Waals surface area contributed by atoms with Crippen molar-refractivity contribution in [3.63, 3.8) is 0 Å². The lowest BCUT2D eigenvalue weighted by atomic mass is 9.92. The molecule has 5 heteroatoms. The Bertz CT molecular complexity index is 765. The number of hydrogen-bond donors (Lipinski definition) is 1. The van der Waals surface area contributed by atoms with Gasteiger partial charge < -0.3 is 10.5 Å². The average Bonchev–Trinajstić information content (AvgIpc) is 2.48. The van der Waals surface area contributed by atoms with E-state index in [0.717, 1.165) is 27.9 Å². The molecule has 1 aromatic carbocycles. The van der Waals surface area contributed by atoms with Crippen LogP contribution in [0.4, 0.5) is 5.82 Å². The highest BCUT2D eigenvalue weighted by Gasteiger charge is 2.22. The molecular weight excluding hydrogens is 286 g/mol. The number of aromatic nitrogens is 1. The van der Waals surface area contributed by atoms with Crippen molar-refractivity contribution >= 4 is 17.4 Å². The van der Waals surface area contributed by atoms with Crippen molar-refractivity contribution < 1.29 is 4.74 Å². The Balaban J connectivity index is 2.31. The number of ether oxygens (including phenoxy) is 1. The Labute approximate surface area is 128 Å². The number of nitrogens with zero attached hydrogens (tertiary/aromatic N) is 2. The molecule has 1 aromatic heterocycles. The first kappa shape index (κ1) is 13.9. The molecule has 0 radical (unpaired) electrons. The first-order chi connectivity index (χ1) is 10.1. The lowest BCUT2D eigenvalue weighted by Gasteiger charge is -2.21. The summed E-state index contributed by atoms with van der Waals surface area (Å²) in [5, 5.41) is 10.1. The maximum Gasteiger partial charge on any atom is 0.142 e. The first-order valence-corrected chi connectivity index (χ1v) is 7.05. The number of fused-ring (bicyclic) bond motifs is 1. The van der Waals surface area contributed by atoms with E-state index in [-0.39, 0.29) is 5.82 Å². The van der Waals surface area contributed by atoms with Crippen LogP contribution in [0.5, 0.6) is 0 Å². The van der Waals surface area contributed by atoms with Crippen LogP contribution in [0.25, 0.3) is 11.1 Å². The molecule has 21 heavy (non-hydrogen) atoms. The van der Waals surface area contributed by atoms with Gasteiger partial charge in [0.15, 0.2) is 0 Å². The minimum Gasteiger partial charge on any atom is -0.383 e. The van der Waals surface area contributed by atoms with Gasteiger partial charge in [-0.15, -0.1) is 0 Å². The van der Waals surface area contributed by atoms with Gasteiger partial charge in [-0.05, 0) is 24.1 Å². The van der Waals surface area contributed by atoms with Crippen LogP contribution in [0, 0.1) is 18.3 Å². The summed E-state index contributed by atoms with van der Waals surface area (Å²) in [7, 11) is 0. The summed E-state index contributed by atoms with van der Waals surface area (Å²) < 4.78 is 5.53. The van der Waals surface area contributed by atoms with Gasteiger partial charge in [0.1, 0.15) is 17.5 Å². The summed E-state index contributed by atoms with van der Waals surface area (Å²) >= 11 is 6.22. The molecule has 4 nitrogen and oxygen atoms in total. The predicted octanol–water partition coefficient (Wildman–Crippen LogP) is 3.24. The molecule has 0 saturated heterocycles. The molecule has 1 aliphatic heterocycles. The second-order valence-electron chi connectivity index (χ2n) is 5.05. The summed E-state index contributed by atoms with van der Waals surface area (Å²) in [5.41, 5.74) is 10.8. The zero-order chi connectivity index (χ0) is 15.0. The molecule has 0 unspecified atom stereocenters. The van der Waals surface area contributed by atoms with Gasteiger partial charge in [-0.25, -0.2) is 4.98 Å². The monoisotopic (exact) mass is 299 g/mol. The molecule has 3 rings (SSSR count). The van der Waals surface area contributed by atoms with Crippen LogP contribution < -0.4 is 5.73 Å². The van der Waals surface area contributed by atoms with Crippen LogP contribution in [0.3, 0.4) is 0 Å². The van der Waals surface area contributed by atoms with Gasteiger partial charge in [-0.1, -0.05) is 23.7 Å². The lowest BCUT2D eigenvalue weighted by Crippen LogP contribution is -2.16. The third-order valence-electron chi connectivity index (χ3n) is 3.71. The van der Waals surface area contributed by atoms with Crippen LogP contribution in [0.15, 0.2) is 18.2 Å². The van der Waals surface area contributed by atoms with Crippen molar-refractivity contribution in [2.75, 3.05) is 12.3 Å². The summed E-state index contributed by atoms with van der Waals surface area (Å²) in [6.45, 7) is 3.01. The highest BCUT2D eigenvalue weighted by atomic mass is 35.5. The van der Waals surface area contributed by atoms with Crippen molar-refractivity contribution in [2.24, 2.45) is 0 Å². The predicted molar refractivity (Wildman–Crippen MR) is 81.9 cm³/mol. The minimum absolute atomic E-state index is 0.268. The molecular formula is C16H14ClN3O. The number of hydrogen-bond acceptors (Lipinski definition) is 4. The number of halogens is 1. The number of aryl methyl sites for hydroxylation is 1. The maximum absolute atomic E-state index is 9.44. The second kappa shape index (κ2) is 5.36. The first-order valence-electron chi connectivity index (χ1n) is 6.67. The highest BCUT2D eigenvalue weighted by Crippen LogP contribution is 2.35. The van der Waals surface area contributed by atoms with E-state index in [9.17, 15) is 5.26 Å². The van der Waals surface area contributed by atoms with Crippen LogP contribution in [-0.4, -0.2) is 11.6 Å². The van der Waals surface area contributed by atoms with E-state index >= 15 is 0 Å². The van der Waals surface area contributed by atoms with E-state index in [1.807, 2.05) is 25.1 Å². The molecule has 0 atom stereocenters. The zero-order valence-corrected chi connectivity index (χ0v) is 12.4. The molecule has 0 fully saturated rings.